The van der Waals surface area contributed by atoms with Gasteiger partial charge in [0.25, 0.3) is 0 Å². The van der Waals surface area contributed by atoms with Crippen LogP contribution in [0.3, 0.4) is 0 Å². The minimum absolute atomic E-state index is 0.0627. The number of carbonyl (C=O) groups excluding carboxylic acids is 3. The third kappa shape index (κ3) is 35.2. The molecule has 0 aliphatic carbocycles. The summed E-state index contributed by atoms with van der Waals surface area (Å²) in [7, 11) is 3.80. The average Bonchev–Trinajstić information content (AvgIpc) is 3.07. The Bertz CT molecular complexity index is 757. The molecule has 0 fully saturated rings. The van der Waals surface area contributed by atoms with E-state index < -0.39 is 0 Å². The standard InChI is InChI=1S/C41H75NO6/c1-5-7-9-11-13-15-17-19-21-23-25-27-29-31-39(43)46-35-38(37-48-41(45)33-34-42(3)4)36-47-40(44)32-30-28-26-24-22-20-18-16-14-12-10-8-6-2/h15-18,38H,5-14,19-37H2,1-4H3/b17-15-,18-16-. The number of allylic oxidation sites excluding steroid dienone is 4. The molecule has 0 bridgehead atoms. The molecule has 0 rings (SSSR count). The van der Waals surface area contributed by atoms with Crippen LogP contribution in [0.5, 0.6) is 0 Å². The smallest absolute Gasteiger partial charge is 0.307 e. The second-order valence-electron chi connectivity index (χ2n) is 13.7. The molecule has 7 heteroatoms. The fraction of sp³-hybridized carbons (Fsp3) is 0.829. The number of rotatable bonds is 35. The van der Waals surface area contributed by atoms with E-state index in [4.69, 9.17) is 14.2 Å². The summed E-state index contributed by atoms with van der Waals surface area (Å²) in [6, 6.07) is 0. The lowest BCUT2D eigenvalue weighted by molar-refractivity contribution is -0.153. The van der Waals surface area contributed by atoms with Crippen LogP contribution in [-0.2, 0) is 28.6 Å². The molecule has 0 aliphatic heterocycles. The summed E-state index contributed by atoms with van der Waals surface area (Å²) < 4.78 is 16.5. The van der Waals surface area contributed by atoms with E-state index in [2.05, 4.69) is 38.2 Å². The van der Waals surface area contributed by atoms with Crippen LogP contribution in [0.25, 0.3) is 0 Å². The second-order valence-corrected chi connectivity index (χ2v) is 13.7. The van der Waals surface area contributed by atoms with Crippen LogP contribution in [0.15, 0.2) is 24.3 Å². The maximum atomic E-state index is 12.4. The number of unbranched alkanes of at least 4 members (excludes halogenated alkanes) is 18. The number of ether oxygens (including phenoxy) is 3. The monoisotopic (exact) mass is 678 g/mol. The van der Waals surface area contributed by atoms with E-state index >= 15 is 0 Å². The maximum absolute atomic E-state index is 12.4. The van der Waals surface area contributed by atoms with Crippen molar-refractivity contribution in [1.29, 1.82) is 0 Å². The van der Waals surface area contributed by atoms with Crippen molar-refractivity contribution in [1.82, 2.24) is 4.90 Å². The minimum Gasteiger partial charge on any atom is -0.465 e. The van der Waals surface area contributed by atoms with Crippen LogP contribution in [0.2, 0.25) is 0 Å². The molecule has 0 N–H and O–H groups in total. The SMILES string of the molecule is CCCCCC/C=C\CCCCCCCC(=O)OCC(COC(=O)CCCCCCC/C=C\CCCCCC)COC(=O)CCN(C)C. The second kappa shape index (κ2) is 36.1. The Hall–Kier alpha value is -2.15. The Balaban J connectivity index is 4.19. The van der Waals surface area contributed by atoms with E-state index in [1.165, 1.54) is 89.9 Å². The highest BCUT2D eigenvalue weighted by atomic mass is 16.6. The summed E-state index contributed by atoms with van der Waals surface area (Å²) in [4.78, 5) is 38.9. The lowest BCUT2D eigenvalue weighted by Crippen LogP contribution is -2.27. The Morgan fingerprint density at radius 3 is 1.12 bits per heavy atom. The van der Waals surface area contributed by atoms with Gasteiger partial charge in [0.05, 0.1) is 12.3 Å². The Kier molecular flexibility index (Phi) is 34.5. The van der Waals surface area contributed by atoms with Gasteiger partial charge in [-0.15, -0.1) is 0 Å². The van der Waals surface area contributed by atoms with Gasteiger partial charge in [-0.3, -0.25) is 14.4 Å². The lowest BCUT2D eigenvalue weighted by Gasteiger charge is -2.18. The summed E-state index contributed by atoms with van der Waals surface area (Å²) in [5.41, 5.74) is 0. The van der Waals surface area contributed by atoms with Crippen molar-refractivity contribution < 1.29 is 28.6 Å². The summed E-state index contributed by atoms with van der Waals surface area (Å²) in [5, 5.41) is 0. The predicted molar refractivity (Wildman–Crippen MR) is 200 cm³/mol. The molecule has 0 saturated carbocycles. The molecule has 48 heavy (non-hydrogen) atoms. The fourth-order valence-electron chi connectivity index (χ4n) is 5.28. The first kappa shape index (κ1) is 45.9. The van der Waals surface area contributed by atoms with Crippen molar-refractivity contribution in [3.8, 4) is 0 Å². The molecule has 0 saturated heterocycles. The van der Waals surface area contributed by atoms with Crippen LogP contribution >= 0.6 is 0 Å². The van der Waals surface area contributed by atoms with Crippen molar-refractivity contribution in [2.45, 2.75) is 174 Å². The molecule has 0 aliphatic rings. The molecular weight excluding hydrogens is 602 g/mol. The van der Waals surface area contributed by atoms with Crippen LogP contribution in [-0.4, -0.2) is 63.3 Å². The van der Waals surface area contributed by atoms with E-state index in [9.17, 15) is 14.4 Å². The zero-order valence-corrected chi connectivity index (χ0v) is 31.8. The topological polar surface area (TPSA) is 82.1 Å². The number of esters is 3. The molecule has 0 atom stereocenters. The van der Waals surface area contributed by atoms with E-state index in [1.807, 2.05) is 19.0 Å². The molecule has 280 valence electrons. The summed E-state index contributed by atoms with van der Waals surface area (Å²) in [5.74, 6) is -1.19. The lowest BCUT2D eigenvalue weighted by atomic mass is 10.1. The molecular formula is C41H75NO6. The van der Waals surface area contributed by atoms with E-state index in [0.29, 0.717) is 19.4 Å². The van der Waals surface area contributed by atoms with Gasteiger partial charge in [0, 0.05) is 19.4 Å². The predicted octanol–water partition coefficient (Wildman–Crippen LogP) is 10.7. The van der Waals surface area contributed by atoms with Crippen LogP contribution < -0.4 is 0 Å². The maximum Gasteiger partial charge on any atom is 0.307 e. The van der Waals surface area contributed by atoms with Gasteiger partial charge in [0.2, 0.25) is 0 Å². The van der Waals surface area contributed by atoms with Gasteiger partial charge < -0.3 is 19.1 Å². The van der Waals surface area contributed by atoms with Gasteiger partial charge in [-0.25, -0.2) is 0 Å². The van der Waals surface area contributed by atoms with Gasteiger partial charge in [-0.2, -0.15) is 0 Å². The Morgan fingerprint density at radius 1 is 0.458 bits per heavy atom. The highest BCUT2D eigenvalue weighted by Gasteiger charge is 2.18. The average molecular weight is 678 g/mol. The Morgan fingerprint density at radius 2 is 0.771 bits per heavy atom. The molecule has 0 unspecified atom stereocenters. The molecule has 0 spiro atoms. The summed E-state index contributed by atoms with van der Waals surface area (Å²) in [6.07, 6.45) is 36.1. The van der Waals surface area contributed by atoms with Crippen LogP contribution in [0.4, 0.5) is 0 Å². The molecule has 0 radical (unpaired) electrons. The fourth-order valence-corrected chi connectivity index (χ4v) is 5.28. The van der Waals surface area contributed by atoms with E-state index in [1.54, 1.807) is 0 Å². The number of carbonyl (C=O) groups is 3. The van der Waals surface area contributed by atoms with Gasteiger partial charge >= 0.3 is 17.9 Å². The first-order chi connectivity index (χ1) is 23.4. The number of hydrogen-bond donors (Lipinski definition) is 0. The van der Waals surface area contributed by atoms with Gasteiger partial charge in [-0.1, -0.05) is 115 Å². The van der Waals surface area contributed by atoms with Crippen molar-refractivity contribution in [3.05, 3.63) is 24.3 Å². The van der Waals surface area contributed by atoms with Crippen molar-refractivity contribution in [2.24, 2.45) is 5.92 Å². The van der Waals surface area contributed by atoms with Gasteiger partial charge in [-0.05, 0) is 78.3 Å². The molecule has 0 aromatic carbocycles. The van der Waals surface area contributed by atoms with Crippen molar-refractivity contribution >= 4 is 17.9 Å². The highest BCUT2D eigenvalue weighted by Crippen LogP contribution is 2.12. The van der Waals surface area contributed by atoms with E-state index in [0.717, 1.165) is 51.4 Å². The largest absolute Gasteiger partial charge is 0.465 e. The number of hydrogen-bond acceptors (Lipinski definition) is 7. The third-order valence-electron chi connectivity index (χ3n) is 8.49. The quantitative estimate of drug-likeness (QED) is 0.0286. The Labute approximate surface area is 296 Å². The van der Waals surface area contributed by atoms with Crippen molar-refractivity contribution in [2.75, 3.05) is 40.5 Å². The van der Waals surface area contributed by atoms with Crippen molar-refractivity contribution in [3.63, 3.8) is 0 Å². The summed E-state index contributed by atoms with van der Waals surface area (Å²) in [6.45, 7) is 5.29. The zero-order chi connectivity index (χ0) is 35.3. The first-order valence-corrected chi connectivity index (χ1v) is 19.8. The first-order valence-electron chi connectivity index (χ1n) is 19.8. The number of nitrogens with zero attached hydrogens (tertiary/aromatic N) is 1. The summed E-state index contributed by atoms with van der Waals surface area (Å²) >= 11 is 0. The third-order valence-corrected chi connectivity index (χ3v) is 8.49. The molecule has 7 nitrogen and oxygen atoms in total. The normalized spacial score (nSPS) is 11.7. The van der Waals surface area contributed by atoms with Crippen LogP contribution in [0.1, 0.15) is 174 Å². The minimum atomic E-state index is -0.374. The van der Waals surface area contributed by atoms with E-state index in [-0.39, 0.29) is 50.1 Å². The zero-order valence-electron chi connectivity index (χ0n) is 31.8. The molecule has 0 aromatic heterocycles. The van der Waals surface area contributed by atoms with Gasteiger partial charge in [0.15, 0.2) is 0 Å². The van der Waals surface area contributed by atoms with Crippen LogP contribution in [0, 0.1) is 5.92 Å². The molecule has 0 aromatic rings. The molecule has 0 heterocycles. The molecule has 0 amide bonds. The van der Waals surface area contributed by atoms with Gasteiger partial charge in [0.1, 0.15) is 19.8 Å². The highest BCUT2D eigenvalue weighted by molar-refractivity contribution is 5.70.